The second kappa shape index (κ2) is 3.78. The van der Waals surface area contributed by atoms with Crippen LogP contribution in [0.5, 0.6) is 5.75 Å². The molecule has 2 aromatic rings. The lowest BCUT2D eigenvalue weighted by atomic mass is 10.2. The highest BCUT2D eigenvalue weighted by molar-refractivity contribution is 6.32. The molecule has 2 rings (SSSR count). The van der Waals surface area contributed by atoms with Crippen molar-refractivity contribution >= 4 is 22.5 Å². The minimum absolute atomic E-state index is 0.665. The van der Waals surface area contributed by atoms with Crippen LogP contribution >= 0.6 is 11.6 Å². The third-order valence-electron chi connectivity index (χ3n) is 2.69. The van der Waals surface area contributed by atoms with E-state index in [1.54, 1.807) is 7.11 Å². The first-order valence-corrected chi connectivity index (χ1v) is 5.38. The van der Waals surface area contributed by atoms with E-state index in [1.165, 1.54) is 16.5 Å². The zero-order valence-electron chi connectivity index (χ0n) is 9.17. The molecule has 0 unspecified atom stereocenters. The first-order valence-electron chi connectivity index (χ1n) is 5.00. The van der Waals surface area contributed by atoms with Crippen molar-refractivity contribution in [2.45, 2.75) is 20.4 Å². The van der Waals surface area contributed by atoms with Crippen LogP contribution in [0, 0.1) is 6.92 Å². The van der Waals surface area contributed by atoms with E-state index in [4.69, 9.17) is 16.3 Å². The molecule has 0 fully saturated rings. The van der Waals surface area contributed by atoms with Crippen molar-refractivity contribution in [1.82, 2.24) is 4.57 Å². The van der Waals surface area contributed by atoms with Gasteiger partial charge in [-0.2, -0.15) is 0 Å². The van der Waals surface area contributed by atoms with Crippen molar-refractivity contribution in [2.24, 2.45) is 0 Å². The number of aromatic nitrogens is 1. The monoisotopic (exact) mass is 223 g/mol. The van der Waals surface area contributed by atoms with Gasteiger partial charge in [-0.25, -0.2) is 0 Å². The highest BCUT2D eigenvalue weighted by atomic mass is 35.5. The van der Waals surface area contributed by atoms with E-state index in [-0.39, 0.29) is 0 Å². The lowest BCUT2D eigenvalue weighted by Gasteiger charge is -2.05. The largest absolute Gasteiger partial charge is 0.495 e. The Labute approximate surface area is 94.4 Å². The zero-order chi connectivity index (χ0) is 11.0. The molecule has 0 atom stereocenters. The van der Waals surface area contributed by atoms with Gasteiger partial charge in [-0.1, -0.05) is 11.6 Å². The molecule has 0 aliphatic carbocycles. The average molecular weight is 224 g/mol. The number of hydrogen-bond acceptors (Lipinski definition) is 1. The number of hydrogen-bond donors (Lipinski definition) is 0. The molecule has 0 N–H and O–H groups in total. The predicted molar refractivity (Wildman–Crippen MR) is 63.9 cm³/mol. The van der Waals surface area contributed by atoms with Gasteiger partial charge in [0.2, 0.25) is 0 Å². The van der Waals surface area contributed by atoms with Gasteiger partial charge in [0.25, 0.3) is 0 Å². The Kier molecular flexibility index (Phi) is 2.61. The summed E-state index contributed by atoms with van der Waals surface area (Å²) in [5.41, 5.74) is 2.42. The molecule has 0 spiro atoms. The first kappa shape index (κ1) is 10.4. The maximum atomic E-state index is 6.10. The quantitative estimate of drug-likeness (QED) is 0.759. The van der Waals surface area contributed by atoms with Gasteiger partial charge < -0.3 is 9.30 Å². The predicted octanol–water partition coefficient (Wildman–Crippen LogP) is 3.63. The Balaban J connectivity index is 2.77. The molecular formula is C12H14ClNO. The van der Waals surface area contributed by atoms with E-state index in [0.717, 1.165) is 12.3 Å². The molecule has 1 heterocycles. The topological polar surface area (TPSA) is 14.2 Å². The minimum atomic E-state index is 0.665. The smallest absolute Gasteiger partial charge is 0.138 e. The number of methoxy groups -OCH3 is 1. The molecule has 3 heteroatoms. The summed E-state index contributed by atoms with van der Waals surface area (Å²) < 4.78 is 7.40. The molecule has 0 aliphatic heterocycles. The average Bonchev–Trinajstić information content (AvgIpc) is 2.54. The van der Waals surface area contributed by atoms with Crippen LogP contribution in [0.4, 0.5) is 0 Å². The molecule has 1 aromatic carbocycles. The van der Waals surface area contributed by atoms with E-state index in [9.17, 15) is 0 Å². The van der Waals surface area contributed by atoms with E-state index < -0.39 is 0 Å². The van der Waals surface area contributed by atoms with E-state index in [2.05, 4.69) is 24.6 Å². The standard InChI is InChI=1S/C12H14ClNO/c1-4-14-7-8(2)9-5-12(15-3)10(13)6-11(9)14/h5-7H,4H2,1-3H3. The fourth-order valence-corrected chi connectivity index (χ4v) is 2.12. The van der Waals surface area contributed by atoms with Crippen molar-refractivity contribution < 1.29 is 4.74 Å². The highest BCUT2D eigenvalue weighted by Gasteiger charge is 2.09. The molecule has 80 valence electrons. The Hall–Kier alpha value is -1.15. The molecule has 0 bridgehead atoms. The third-order valence-corrected chi connectivity index (χ3v) is 2.99. The first-order chi connectivity index (χ1) is 7.17. The van der Waals surface area contributed by atoms with Crippen LogP contribution in [0.15, 0.2) is 18.3 Å². The van der Waals surface area contributed by atoms with E-state index in [1.807, 2.05) is 12.1 Å². The summed E-state index contributed by atoms with van der Waals surface area (Å²) in [6.45, 7) is 5.17. The molecular weight excluding hydrogens is 210 g/mol. The van der Waals surface area contributed by atoms with E-state index >= 15 is 0 Å². The summed E-state index contributed by atoms with van der Waals surface area (Å²) in [7, 11) is 1.64. The number of halogens is 1. The van der Waals surface area contributed by atoms with Gasteiger partial charge in [0.05, 0.1) is 17.6 Å². The Morgan fingerprint density at radius 3 is 2.73 bits per heavy atom. The van der Waals surface area contributed by atoms with Crippen LogP contribution in [-0.4, -0.2) is 11.7 Å². The maximum Gasteiger partial charge on any atom is 0.138 e. The van der Waals surface area contributed by atoms with Gasteiger partial charge in [-0.15, -0.1) is 0 Å². The number of benzene rings is 1. The number of aryl methyl sites for hydroxylation is 2. The molecule has 0 radical (unpaired) electrons. The molecule has 2 nitrogen and oxygen atoms in total. The van der Waals surface area contributed by atoms with Gasteiger partial charge in [0.15, 0.2) is 0 Å². The molecule has 1 aromatic heterocycles. The number of rotatable bonds is 2. The Morgan fingerprint density at radius 2 is 2.13 bits per heavy atom. The second-order valence-electron chi connectivity index (χ2n) is 3.60. The molecule has 0 aliphatic rings. The van der Waals surface area contributed by atoms with Gasteiger partial charge in [0.1, 0.15) is 5.75 Å². The normalized spacial score (nSPS) is 10.9. The van der Waals surface area contributed by atoms with Crippen molar-refractivity contribution in [2.75, 3.05) is 7.11 Å². The molecule has 15 heavy (non-hydrogen) atoms. The fraction of sp³-hybridized carbons (Fsp3) is 0.333. The van der Waals surface area contributed by atoms with Gasteiger partial charge in [-0.3, -0.25) is 0 Å². The third kappa shape index (κ3) is 1.59. The van der Waals surface area contributed by atoms with Gasteiger partial charge >= 0.3 is 0 Å². The highest BCUT2D eigenvalue weighted by Crippen LogP contribution is 2.32. The molecule has 0 saturated heterocycles. The lowest BCUT2D eigenvalue weighted by molar-refractivity contribution is 0.415. The summed E-state index contributed by atoms with van der Waals surface area (Å²) in [6, 6.07) is 3.96. The van der Waals surface area contributed by atoms with Crippen LogP contribution in [0.25, 0.3) is 10.9 Å². The summed E-state index contributed by atoms with van der Waals surface area (Å²) in [4.78, 5) is 0. The molecule has 0 amide bonds. The van der Waals surface area contributed by atoms with Crippen molar-refractivity contribution in [3.8, 4) is 5.75 Å². The van der Waals surface area contributed by atoms with Crippen LogP contribution in [0.3, 0.4) is 0 Å². The van der Waals surface area contributed by atoms with Crippen LogP contribution in [0.1, 0.15) is 12.5 Å². The number of ether oxygens (including phenoxy) is 1. The van der Waals surface area contributed by atoms with Gasteiger partial charge in [-0.05, 0) is 31.5 Å². The summed E-state index contributed by atoms with van der Waals surface area (Å²) in [6.07, 6.45) is 2.14. The summed E-state index contributed by atoms with van der Waals surface area (Å²) in [5.74, 6) is 0.737. The van der Waals surface area contributed by atoms with Crippen LogP contribution in [0.2, 0.25) is 5.02 Å². The van der Waals surface area contributed by atoms with Crippen LogP contribution < -0.4 is 4.74 Å². The van der Waals surface area contributed by atoms with Gasteiger partial charge in [0, 0.05) is 18.1 Å². The second-order valence-corrected chi connectivity index (χ2v) is 4.01. The molecule has 0 saturated carbocycles. The van der Waals surface area contributed by atoms with Crippen LogP contribution in [-0.2, 0) is 6.54 Å². The fourth-order valence-electron chi connectivity index (χ4n) is 1.89. The minimum Gasteiger partial charge on any atom is -0.495 e. The number of fused-ring (bicyclic) bond motifs is 1. The van der Waals surface area contributed by atoms with Crippen molar-refractivity contribution in [3.05, 3.63) is 28.9 Å². The maximum absolute atomic E-state index is 6.10. The SMILES string of the molecule is CCn1cc(C)c2cc(OC)c(Cl)cc21. The Morgan fingerprint density at radius 1 is 1.40 bits per heavy atom. The van der Waals surface area contributed by atoms with E-state index in [0.29, 0.717) is 5.02 Å². The Bertz CT molecular complexity index is 502. The number of nitrogens with zero attached hydrogens (tertiary/aromatic N) is 1. The van der Waals surface area contributed by atoms with Crippen molar-refractivity contribution in [3.63, 3.8) is 0 Å². The zero-order valence-corrected chi connectivity index (χ0v) is 9.93. The summed E-state index contributed by atoms with van der Waals surface area (Å²) in [5, 5.41) is 1.87. The summed E-state index contributed by atoms with van der Waals surface area (Å²) >= 11 is 6.10. The van der Waals surface area contributed by atoms with Crippen molar-refractivity contribution in [1.29, 1.82) is 0 Å². The lowest BCUT2D eigenvalue weighted by Crippen LogP contribution is -1.91.